The van der Waals surface area contributed by atoms with Crippen molar-refractivity contribution in [2.75, 3.05) is 13.2 Å². The number of carbonyl (C=O) groups is 1. The van der Waals surface area contributed by atoms with Crippen molar-refractivity contribution in [2.24, 2.45) is 0 Å². The Labute approximate surface area is 107 Å². The van der Waals surface area contributed by atoms with Crippen LogP contribution in [0.25, 0.3) is 0 Å². The molecule has 1 atom stereocenters. The fraction of sp³-hybridized carbons (Fsp3) is 0.300. The zero-order chi connectivity index (χ0) is 13.1. The predicted molar refractivity (Wildman–Crippen MR) is 61.9 cm³/mol. The number of benzene rings is 1. The van der Waals surface area contributed by atoms with E-state index in [1.807, 2.05) is 0 Å². The predicted octanol–water partition coefficient (Wildman–Crippen LogP) is 1.74. The third-order valence-electron chi connectivity index (χ3n) is 2.30. The van der Waals surface area contributed by atoms with Crippen molar-refractivity contribution in [1.82, 2.24) is 5.32 Å². The van der Waals surface area contributed by atoms with Crippen LogP contribution in [0.2, 0.25) is 5.02 Å². The third kappa shape index (κ3) is 2.80. The summed E-state index contributed by atoms with van der Waals surface area (Å²) in [5, 5.41) is 13.0. The maximum absolute atomic E-state index is 10.8. The van der Waals surface area contributed by atoms with Crippen LogP contribution in [-0.4, -0.2) is 30.3 Å². The van der Waals surface area contributed by atoms with Gasteiger partial charge >= 0.3 is 6.09 Å². The van der Waals surface area contributed by atoms with E-state index in [-0.39, 0.29) is 23.4 Å². The van der Waals surface area contributed by atoms with Crippen molar-refractivity contribution in [1.29, 1.82) is 0 Å². The molecule has 7 nitrogen and oxygen atoms in total. The minimum atomic E-state index is -0.575. The zero-order valence-electron chi connectivity index (χ0n) is 9.09. The molecule has 1 heterocycles. The van der Waals surface area contributed by atoms with Crippen LogP contribution >= 0.6 is 11.6 Å². The summed E-state index contributed by atoms with van der Waals surface area (Å²) in [5.41, 5.74) is -0.182. The number of nitro benzene ring substituents is 1. The molecule has 0 saturated carbocycles. The highest BCUT2D eigenvalue weighted by molar-refractivity contribution is 6.32. The topological polar surface area (TPSA) is 90.7 Å². The first kappa shape index (κ1) is 12.4. The number of halogens is 1. The molecule has 0 aliphatic carbocycles. The van der Waals surface area contributed by atoms with Gasteiger partial charge in [-0.15, -0.1) is 0 Å². The molecule has 0 aromatic heterocycles. The minimum Gasteiger partial charge on any atom is -0.490 e. The van der Waals surface area contributed by atoms with Gasteiger partial charge in [-0.3, -0.25) is 10.1 Å². The number of alkyl carbamates (subject to hydrolysis) is 1. The van der Waals surface area contributed by atoms with E-state index < -0.39 is 11.0 Å². The first-order valence-electron chi connectivity index (χ1n) is 5.07. The third-order valence-corrected chi connectivity index (χ3v) is 2.60. The van der Waals surface area contributed by atoms with Gasteiger partial charge in [-0.05, 0) is 6.07 Å². The molecular weight excluding hydrogens is 264 g/mol. The van der Waals surface area contributed by atoms with E-state index in [9.17, 15) is 14.9 Å². The molecule has 1 N–H and O–H groups in total. The number of nitro groups is 1. The standard InChI is InChI=1S/C10H9ClN2O5/c11-8-3-6(1-2-9(8)13(15)16)17-5-7-4-12-10(14)18-7/h1-3,7H,4-5H2,(H,12,14). The largest absolute Gasteiger partial charge is 0.490 e. The van der Waals surface area contributed by atoms with Crippen LogP contribution in [0.4, 0.5) is 10.5 Å². The van der Waals surface area contributed by atoms with Crippen LogP contribution in [0, 0.1) is 10.1 Å². The van der Waals surface area contributed by atoms with Crippen molar-refractivity contribution < 1.29 is 19.2 Å². The summed E-state index contributed by atoms with van der Waals surface area (Å²) in [6.45, 7) is 0.534. The number of nitrogens with one attached hydrogen (secondary N) is 1. The van der Waals surface area contributed by atoms with Crippen molar-refractivity contribution >= 4 is 23.4 Å². The van der Waals surface area contributed by atoms with Gasteiger partial charge in [0.25, 0.3) is 5.69 Å². The quantitative estimate of drug-likeness (QED) is 0.666. The van der Waals surface area contributed by atoms with Crippen molar-refractivity contribution in [2.45, 2.75) is 6.10 Å². The Morgan fingerprint density at radius 1 is 1.61 bits per heavy atom. The lowest BCUT2D eigenvalue weighted by molar-refractivity contribution is -0.384. The van der Waals surface area contributed by atoms with Gasteiger partial charge in [-0.1, -0.05) is 11.6 Å². The van der Waals surface area contributed by atoms with E-state index in [2.05, 4.69) is 5.32 Å². The number of rotatable bonds is 4. The van der Waals surface area contributed by atoms with E-state index in [4.69, 9.17) is 21.1 Å². The Morgan fingerprint density at radius 3 is 2.94 bits per heavy atom. The van der Waals surface area contributed by atoms with E-state index in [1.54, 1.807) is 0 Å². The zero-order valence-corrected chi connectivity index (χ0v) is 9.85. The molecule has 0 spiro atoms. The molecule has 96 valence electrons. The average molecular weight is 273 g/mol. The molecule has 1 aliphatic rings. The Kier molecular flexibility index (Phi) is 3.52. The summed E-state index contributed by atoms with van der Waals surface area (Å²) in [7, 11) is 0. The number of carbonyl (C=O) groups excluding carboxylic acids is 1. The van der Waals surface area contributed by atoms with E-state index in [0.29, 0.717) is 12.3 Å². The summed E-state index contributed by atoms with van der Waals surface area (Å²) >= 11 is 5.72. The highest BCUT2D eigenvalue weighted by atomic mass is 35.5. The van der Waals surface area contributed by atoms with Crippen LogP contribution in [0.5, 0.6) is 5.75 Å². The minimum absolute atomic E-state index is 0.000887. The van der Waals surface area contributed by atoms with E-state index in [0.717, 1.165) is 0 Å². The molecule has 1 fully saturated rings. The molecule has 1 aliphatic heterocycles. The second kappa shape index (κ2) is 5.09. The van der Waals surface area contributed by atoms with Crippen molar-refractivity contribution in [3.05, 3.63) is 33.3 Å². The summed E-state index contributed by atoms with van der Waals surface area (Å²) in [6.07, 6.45) is -0.850. The highest BCUT2D eigenvalue weighted by Gasteiger charge is 2.23. The average Bonchev–Trinajstić information content (AvgIpc) is 2.72. The molecule has 1 unspecified atom stereocenters. The van der Waals surface area contributed by atoms with Gasteiger partial charge < -0.3 is 14.8 Å². The molecule has 1 amide bonds. The van der Waals surface area contributed by atoms with Crippen LogP contribution in [-0.2, 0) is 4.74 Å². The number of ether oxygens (including phenoxy) is 2. The van der Waals surface area contributed by atoms with Crippen molar-refractivity contribution in [3.8, 4) is 5.75 Å². The van der Waals surface area contributed by atoms with Crippen molar-refractivity contribution in [3.63, 3.8) is 0 Å². The first-order valence-corrected chi connectivity index (χ1v) is 5.45. The number of hydrogen-bond acceptors (Lipinski definition) is 5. The summed E-state index contributed by atoms with van der Waals surface area (Å²) in [4.78, 5) is 20.7. The molecule has 2 rings (SSSR count). The number of amides is 1. The lowest BCUT2D eigenvalue weighted by Gasteiger charge is -2.10. The lowest BCUT2D eigenvalue weighted by atomic mass is 10.3. The van der Waals surface area contributed by atoms with E-state index >= 15 is 0 Å². The fourth-order valence-corrected chi connectivity index (χ4v) is 1.68. The van der Waals surface area contributed by atoms with Gasteiger partial charge in [0.05, 0.1) is 11.5 Å². The fourth-order valence-electron chi connectivity index (χ4n) is 1.44. The maximum atomic E-state index is 10.8. The monoisotopic (exact) mass is 272 g/mol. The Balaban J connectivity index is 1.96. The Bertz CT molecular complexity index is 493. The van der Waals surface area contributed by atoms with E-state index in [1.165, 1.54) is 18.2 Å². The first-order chi connectivity index (χ1) is 8.56. The van der Waals surface area contributed by atoms with Gasteiger partial charge in [0, 0.05) is 12.1 Å². The van der Waals surface area contributed by atoms with Gasteiger partial charge in [0.2, 0.25) is 0 Å². The molecule has 0 radical (unpaired) electrons. The molecule has 8 heteroatoms. The molecule has 0 bridgehead atoms. The SMILES string of the molecule is O=C1NCC(COc2ccc([N+](=O)[O-])c(Cl)c2)O1. The lowest BCUT2D eigenvalue weighted by Crippen LogP contribution is -2.21. The molecule has 1 aromatic rings. The molecule has 1 aromatic carbocycles. The number of hydrogen-bond donors (Lipinski definition) is 1. The van der Waals surface area contributed by atoms with Crippen LogP contribution in [0.1, 0.15) is 0 Å². The summed E-state index contributed by atoms with van der Waals surface area (Å²) in [5.74, 6) is 0.383. The smallest absolute Gasteiger partial charge is 0.407 e. The number of cyclic esters (lactones) is 1. The number of nitrogens with zero attached hydrogens (tertiary/aromatic N) is 1. The van der Waals surface area contributed by atoms with Gasteiger partial charge in [0.15, 0.2) is 6.10 Å². The van der Waals surface area contributed by atoms with Crippen LogP contribution < -0.4 is 10.1 Å². The molecule has 18 heavy (non-hydrogen) atoms. The maximum Gasteiger partial charge on any atom is 0.407 e. The van der Waals surface area contributed by atoms with Crippen LogP contribution in [0.15, 0.2) is 18.2 Å². The Morgan fingerprint density at radius 2 is 2.39 bits per heavy atom. The van der Waals surface area contributed by atoms with Gasteiger partial charge in [-0.2, -0.15) is 0 Å². The second-order valence-electron chi connectivity index (χ2n) is 3.59. The molecule has 1 saturated heterocycles. The van der Waals surface area contributed by atoms with Gasteiger partial charge in [-0.25, -0.2) is 4.79 Å². The second-order valence-corrected chi connectivity index (χ2v) is 4.00. The molecular formula is C10H9ClN2O5. The summed E-state index contributed by atoms with van der Waals surface area (Å²) in [6, 6.07) is 4.05. The van der Waals surface area contributed by atoms with Gasteiger partial charge in [0.1, 0.15) is 17.4 Å². The Hall–Kier alpha value is -2.02. The normalized spacial score (nSPS) is 18.1. The summed E-state index contributed by atoms with van der Waals surface area (Å²) < 4.78 is 10.2. The van der Waals surface area contributed by atoms with Crippen LogP contribution in [0.3, 0.4) is 0 Å². The highest BCUT2D eigenvalue weighted by Crippen LogP contribution is 2.28.